The Kier molecular flexibility index (Phi) is 5.39. The molecule has 104 valence electrons. The van der Waals surface area contributed by atoms with E-state index in [0.717, 1.165) is 25.0 Å². The van der Waals surface area contributed by atoms with Gasteiger partial charge in [0.15, 0.2) is 6.10 Å². The van der Waals surface area contributed by atoms with Crippen molar-refractivity contribution < 1.29 is 14.6 Å². The summed E-state index contributed by atoms with van der Waals surface area (Å²) in [4.78, 5) is 11.8. The Hall–Kier alpha value is -0.830. The predicted molar refractivity (Wildman–Crippen MR) is 72.2 cm³/mol. The first kappa shape index (κ1) is 15.2. The molecule has 3 nitrogen and oxygen atoms in total. The maximum absolute atomic E-state index is 11.8. The molecule has 1 rings (SSSR count). The zero-order valence-electron chi connectivity index (χ0n) is 12.0. The maximum atomic E-state index is 11.8. The highest BCUT2D eigenvalue weighted by Crippen LogP contribution is 2.29. The van der Waals surface area contributed by atoms with Crippen LogP contribution in [0.15, 0.2) is 11.8 Å². The number of carbonyl (C=O) groups excluding carboxylic acids is 1. The number of allylic oxidation sites excluding steroid dienone is 1. The maximum Gasteiger partial charge on any atom is 0.202 e. The summed E-state index contributed by atoms with van der Waals surface area (Å²) in [6, 6.07) is 0. The van der Waals surface area contributed by atoms with Crippen LogP contribution in [0.2, 0.25) is 0 Å². The molecule has 0 unspecified atom stereocenters. The van der Waals surface area contributed by atoms with Gasteiger partial charge in [-0.3, -0.25) is 4.79 Å². The van der Waals surface area contributed by atoms with E-state index in [0.29, 0.717) is 0 Å². The van der Waals surface area contributed by atoms with Crippen LogP contribution in [-0.4, -0.2) is 23.1 Å². The van der Waals surface area contributed by atoms with Crippen molar-refractivity contribution in [3.63, 3.8) is 0 Å². The summed E-state index contributed by atoms with van der Waals surface area (Å²) < 4.78 is 5.60. The van der Waals surface area contributed by atoms with E-state index in [-0.39, 0.29) is 11.2 Å². The highest BCUT2D eigenvalue weighted by molar-refractivity contribution is 5.96. The summed E-state index contributed by atoms with van der Waals surface area (Å²) in [5, 5.41) is 10.1. The van der Waals surface area contributed by atoms with Crippen LogP contribution in [0.5, 0.6) is 0 Å². The molecule has 0 aromatic heterocycles. The Morgan fingerprint density at radius 3 is 2.56 bits per heavy atom. The molecular weight excluding hydrogens is 228 g/mol. The first-order valence-electron chi connectivity index (χ1n) is 6.95. The summed E-state index contributed by atoms with van der Waals surface area (Å²) >= 11 is 0. The van der Waals surface area contributed by atoms with Crippen molar-refractivity contribution in [2.75, 3.05) is 0 Å². The van der Waals surface area contributed by atoms with Gasteiger partial charge in [-0.25, -0.2) is 0 Å². The minimum absolute atomic E-state index is 0.0945. The molecule has 0 aromatic rings. The molecule has 1 aliphatic heterocycles. The molecule has 2 atom stereocenters. The Morgan fingerprint density at radius 2 is 2.00 bits per heavy atom. The van der Waals surface area contributed by atoms with Crippen LogP contribution < -0.4 is 0 Å². The van der Waals surface area contributed by atoms with E-state index in [1.54, 1.807) is 6.08 Å². The lowest BCUT2D eigenvalue weighted by Crippen LogP contribution is -2.41. The molecule has 0 aromatic carbocycles. The number of rotatable bonds is 6. The average molecular weight is 254 g/mol. The fraction of sp³-hybridized carbons (Fsp3) is 0.800. The van der Waals surface area contributed by atoms with Crippen LogP contribution >= 0.6 is 0 Å². The van der Waals surface area contributed by atoms with Gasteiger partial charge in [-0.1, -0.05) is 47.0 Å². The lowest BCUT2D eigenvalue weighted by Gasteiger charge is -2.29. The fourth-order valence-corrected chi connectivity index (χ4v) is 2.03. The molecule has 1 heterocycles. The van der Waals surface area contributed by atoms with Crippen molar-refractivity contribution in [1.82, 2.24) is 0 Å². The van der Waals surface area contributed by atoms with E-state index >= 15 is 0 Å². The van der Waals surface area contributed by atoms with Gasteiger partial charge in [-0.15, -0.1) is 0 Å². The van der Waals surface area contributed by atoms with Crippen LogP contribution in [0.25, 0.3) is 0 Å². The van der Waals surface area contributed by atoms with Gasteiger partial charge < -0.3 is 9.84 Å². The van der Waals surface area contributed by atoms with E-state index in [2.05, 4.69) is 6.92 Å². The van der Waals surface area contributed by atoms with Crippen molar-refractivity contribution in [2.24, 2.45) is 5.41 Å². The van der Waals surface area contributed by atoms with E-state index in [4.69, 9.17) is 4.74 Å². The van der Waals surface area contributed by atoms with Gasteiger partial charge in [0.05, 0.1) is 0 Å². The summed E-state index contributed by atoms with van der Waals surface area (Å²) in [5.41, 5.74) is -0.341. The van der Waals surface area contributed by atoms with Crippen LogP contribution in [0.3, 0.4) is 0 Å². The van der Waals surface area contributed by atoms with Crippen molar-refractivity contribution in [3.05, 3.63) is 11.8 Å². The fourth-order valence-electron chi connectivity index (χ4n) is 2.03. The molecule has 0 bridgehead atoms. The van der Waals surface area contributed by atoms with Crippen LogP contribution in [0, 0.1) is 5.41 Å². The van der Waals surface area contributed by atoms with Crippen LogP contribution in [0.1, 0.15) is 59.8 Å². The Labute approximate surface area is 110 Å². The molecule has 0 saturated heterocycles. The molecular formula is C15H26O3. The third-order valence-corrected chi connectivity index (χ3v) is 3.31. The third-order valence-electron chi connectivity index (χ3n) is 3.31. The van der Waals surface area contributed by atoms with Crippen molar-refractivity contribution in [2.45, 2.75) is 72.0 Å². The summed E-state index contributed by atoms with van der Waals surface area (Å²) in [6.07, 6.45) is 5.54. The van der Waals surface area contributed by atoms with Gasteiger partial charge in [0.2, 0.25) is 5.78 Å². The van der Waals surface area contributed by atoms with Gasteiger partial charge in [0.25, 0.3) is 0 Å². The Balaban J connectivity index is 2.44. The second-order valence-corrected chi connectivity index (χ2v) is 6.17. The van der Waals surface area contributed by atoms with Gasteiger partial charge in [-0.05, 0) is 11.8 Å². The minimum atomic E-state index is -0.755. The third kappa shape index (κ3) is 4.13. The highest BCUT2D eigenvalue weighted by Gasteiger charge is 2.39. The summed E-state index contributed by atoms with van der Waals surface area (Å²) in [6.45, 7) is 7.90. The van der Waals surface area contributed by atoms with Crippen LogP contribution in [0.4, 0.5) is 0 Å². The molecule has 3 heteroatoms. The quantitative estimate of drug-likeness (QED) is 0.740. The first-order chi connectivity index (χ1) is 8.36. The lowest BCUT2D eigenvalue weighted by molar-refractivity contribution is -0.131. The number of aliphatic hydroxyl groups is 1. The molecule has 0 saturated carbocycles. The SMILES string of the molecule is CCCCCCC1=CC(=O)[C@H]([C@H](O)C(C)(C)C)O1. The number of aliphatic hydroxyl groups excluding tert-OH is 1. The summed E-state index contributed by atoms with van der Waals surface area (Å²) in [7, 11) is 0. The van der Waals surface area contributed by atoms with Gasteiger partial charge in [0, 0.05) is 12.5 Å². The number of hydrogen-bond donors (Lipinski definition) is 1. The van der Waals surface area contributed by atoms with E-state index in [9.17, 15) is 9.90 Å². The van der Waals surface area contributed by atoms with Crippen LogP contribution in [-0.2, 0) is 9.53 Å². The van der Waals surface area contributed by atoms with Crippen molar-refractivity contribution in [1.29, 1.82) is 0 Å². The smallest absolute Gasteiger partial charge is 0.202 e. The second kappa shape index (κ2) is 6.37. The van der Waals surface area contributed by atoms with Gasteiger partial charge in [-0.2, -0.15) is 0 Å². The standard InChI is InChI=1S/C15H26O3/c1-5-6-7-8-9-11-10-12(16)13(18-11)14(17)15(2,3)4/h10,13-14,17H,5-9H2,1-4H3/t13-,14+/m1/s1. The van der Waals surface area contributed by atoms with E-state index < -0.39 is 12.2 Å². The molecule has 1 aliphatic rings. The molecule has 1 N–H and O–H groups in total. The zero-order chi connectivity index (χ0) is 13.8. The monoisotopic (exact) mass is 254 g/mol. The molecule has 0 radical (unpaired) electrons. The molecule has 0 spiro atoms. The number of hydrogen-bond acceptors (Lipinski definition) is 3. The number of unbranched alkanes of at least 4 members (excludes halogenated alkanes) is 3. The normalized spacial score (nSPS) is 21.7. The molecule has 0 fully saturated rings. The van der Waals surface area contributed by atoms with Gasteiger partial charge in [0.1, 0.15) is 11.9 Å². The average Bonchev–Trinajstić information content (AvgIpc) is 2.63. The van der Waals surface area contributed by atoms with E-state index in [1.165, 1.54) is 12.8 Å². The highest BCUT2D eigenvalue weighted by atomic mass is 16.5. The predicted octanol–water partition coefficient (Wildman–Crippen LogP) is 3.22. The van der Waals surface area contributed by atoms with Crippen molar-refractivity contribution in [3.8, 4) is 0 Å². The van der Waals surface area contributed by atoms with Crippen molar-refractivity contribution >= 4 is 5.78 Å². The number of ether oxygens (including phenoxy) is 1. The minimum Gasteiger partial charge on any atom is -0.484 e. The summed E-state index contributed by atoms with van der Waals surface area (Å²) in [5.74, 6) is 0.646. The largest absolute Gasteiger partial charge is 0.484 e. The molecule has 18 heavy (non-hydrogen) atoms. The second-order valence-electron chi connectivity index (χ2n) is 6.17. The number of ketones is 1. The topological polar surface area (TPSA) is 46.5 Å². The first-order valence-corrected chi connectivity index (χ1v) is 6.95. The molecule has 0 aliphatic carbocycles. The van der Waals surface area contributed by atoms with E-state index in [1.807, 2.05) is 20.8 Å². The lowest BCUT2D eigenvalue weighted by atomic mass is 9.85. The number of carbonyl (C=O) groups is 1. The molecule has 0 amide bonds. The zero-order valence-corrected chi connectivity index (χ0v) is 12.0. The van der Waals surface area contributed by atoms with Gasteiger partial charge >= 0.3 is 0 Å². The Bertz CT molecular complexity index is 312. The Morgan fingerprint density at radius 1 is 1.33 bits per heavy atom.